The number of carbonyl (C=O) groups is 2. The van der Waals surface area contributed by atoms with Gasteiger partial charge < -0.3 is 10.4 Å². The van der Waals surface area contributed by atoms with Crippen LogP contribution in [0.25, 0.3) is 5.65 Å². The molecule has 1 unspecified atom stereocenters. The Kier molecular flexibility index (Phi) is 4.81. The maximum atomic E-state index is 12.5. The lowest BCUT2D eigenvalue weighted by Gasteiger charge is -2.16. The highest BCUT2D eigenvalue weighted by Gasteiger charge is 2.24. The molecule has 3 rings (SSSR count). The third kappa shape index (κ3) is 3.74. The molecule has 8 nitrogen and oxygen atoms in total. The van der Waals surface area contributed by atoms with Crippen molar-refractivity contribution in [2.45, 2.75) is 33.2 Å². The van der Waals surface area contributed by atoms with Crippen molar-refractivity contribution < 1.29 is 14.7 Å². The molecular weight excluding hydrogens is 348 g/mol. The largest absolute Gasteiger partial charge is 0.479 e. The molecular formula is C19H20N4O4. The molecule has 0 saturated carbocycles. The number of hydrogen-bond donors (Lipinski definition) is 3. The van der Waals surface area contributed by atoms with Gasteiger partial charge in [-0.05, 0) is 26.3 Å². The SMILES string of the molecule is Cc1cc(C)cc(C(NC(=O)Cc2c(C)nc3cc[nH]n3c2=O)C(=O)O)c1. The van der Waals surface area contributed by atoms with Gasteiger partial charge in [-0.15, -0.1) is 0 Å². The van der Waals surface area contributed by atoms with Crippen LogP contribution in [0.1, 0.15) is 34.0 Å². The van der Waals surface area contributed by atoms with Gasteiger partial charge in [0, 0.05) is 23.5 Å². The molecule has 27 heavy (non-hydrogen) atoms. The van der Waals surface area contributed by atoms with Crippen LogP contribution in [0.2, 0.25) is 0 Å². The summed E-state index contributed by atoms with van der Waals surface area (Å²) in [5.74, 6) is -1.73. The Bertz CT molecular complexity index is 1080. The fourth-order valence-corrected chi connectivity index (χ4v) is 3.15. The quantitative estimate of drug-likeness (QED) is 0.630. The highest BCUT2D eigenvalue weighted by molar-refractivity contribution is 5.86. The average molecular weight is 368 g/mol. The van der Waals surface area contributed by atoms with Gasteiger partial charge in [-0.3, -0.25) is 14.7 Å². The Morgan fingerprint density at radius 1 is 1.22 bits per heavy atom. The molecule has 0 aliphatic heterocycles. The number of rotatable bonds is 5. The summed E-state index contributed by atoms with van der Waals surface area (Å²) in [4.78, 5) is 41.0. The molecule has 0 bridgehead atoms. The third-order valence-corrected chi connectivity index (χ3v) is 4.31. The number of hydrogen-bond acceptors (Lipinski definition) is 4. The Labute approximate surface area is 154 Å². The van der Waals surface area contributed by atoms with Crippen molar-refractivity contribution in [3.63, 3.8) is 0 Å². The number of nitrogens with zero attached hydrogens (tertiary/aromatic N) is 2. The number of H-pyrrole nitrogens is 1. The fraction of sp³-hybridized carbons (Fsp3) is 0.263. The van der Waals surface area contributed by atoms with Gasteiger partial charge in [0.1, 0.15) is 0 Å². The number of benzene rings is 1. The number of carbonyl (C=O) groups excluding carboxylic acids is 1. The first-order valence-electron chi connectivity index (χ1n) is 8.42. The van der Waals surface area contributed by atoms with E-state index >= 15 is 0 Å². The van der Waals surface area contributed by atoms with Crippen LogP contribution < -0.4 is 10.9 Å². The monoisotopic (exact) mass is 368 g/mol. The molecule has 1 aromatic carbocycles. The summed E-state index contributed by atoms with van der Waals surface area (Å²) in [7, 11) is 0. The molecule has 1 atom stereocenters. The van der Waals surface area contributed by atoms with Gasteiger partial charge in [0.25, 0.3) is 5.56 Å². The molecule has 8 heteroatoms. The van der Waals surface area contributed by atoms with Crippen LogP contribution in [0.15, 0.2) is 35.3 Å². The molecule has 0 spiro atoms. The molecule has 0 saturated heterocycles. The van der Waals surface area contributed by atoms with Crippen LogP contribution in [0.3, 0.4) is 0 Å². The fourth-order valence-electron chi connectivity index (χ4n) is 3.15. The van der Waals surface area contributed by atoms with Crippen LogP contribution in [-0.4, -0.2) is 31.6 Å². The smallest absolute Gasteiger partial charge is 0.330 e. The number of aryl methyl sites for hydroxylation is 3. The molecule has 140 valence electrons. The zero-order valence-electron chi connectivity index (χ0n) is 15.2. The Balaban J connectivity index is 1.87. The van der Waals surface area contributed by atoms with Crippen molar-refractivity contribution in [3.8, 4) is 0 Å². The molecule has 0 fully saturated rings. The van der Waals surface area contributed by atoms with Gasteiger partial charge in [-0.25, -0.2) is 14.3 Å². The van der Waals surface area contributed by atoms with E-state index in [9.17, 15) is 19.5 Å². The third-order valence-electron chi connectivity index (χ3n) is 4.31. The normalized spacial score (nSPS) is 12.1. The number of nitrogens with one attached hydrogen (secondary N) is 2. The maximum absolute atomic E-state index is 12.5. The zero-order valence-corrected chi connectivity index (χ0v) is 15.2. The van der Waals surface area contributed by atoms with E-state index in [2.05, 4.69) is 15.4 Å². The number of aliphatic carboxylic acids is 1. The number of aromatic amines is 1. The molecule has 3 N–H and O–H groups in total. The van der Waals surface area contributed by atoms with E-state index < -0.39 is 17.9 Å². The van der Waals surface area contributed by atoms with Crippen LogP contribution >= 0.6 is 0 Å². The standard InChI is InChI=1S/C19H20N4O4/c1-10-6-11(2)8-13(7-10)17(19(26)27)22-16(24)9-14-12(3)21-15-4-5-20-23(15)18(14)25/h4-8,17,20H,9H2,1-3H3,(H,22,24)(H,26,27). The lowest BCUT2D eigenvalue weighted by Crippen LogP contribution is -2.36. The number of amides is 1. The van der Waals surface area contributed by atoms with E-state index in [1.807, 2.05) is 19.9 Å². The topological polar surface area (TPSA) is 117 Å². The summed E-state index contributed by atoms with van der Waals surface area (Å²) in [6, 6.07) is 5.82. The minimum absolute atomic E-state index is 0.219. The van der Waals surface area contributed by atoms with Crippen molar-refractivity contribution in [1.29, 1.82) is 0 Å². The van der Waals surface area contributed by atoms with Crippen LogP contribution in [0, 0.1) is 20.8 Å². The van der Waals surface area contributed by atoms with E-state index in [1.54, 1.807) is 31.3 Å². The highest BCUT2D eigenvalue weighted by Crippen LogP contribution is 2.18. The van der Waals surface area contributed by atoms with E-state index in [1.165, 1.54) is 4.52 Å². The Hall–Kier alpha value is -3.42. The first-order valence-corrected chi connectivity index (χ1v) is 8.42. The van der Waals surface area contributed by atoms with Gasteiger partial charge in [-0.1, -0.05) is 29.3 Å². The van der Waals surface area contributed by atoms with Gasteiger partial charge in [0.15, 0.2) is 11.7 Å². The van der Waals surface area contributed by atoms with Crippen molar-refractivity contribution in [2.24, 2.45) is 0 Å². The molecule has 0 aliphatic carbocycles. The van der Waals surface area contributed by atoms with E-state index in [0.29, 0.717) is 16.9 Å². The van der Waals surface area contributed by atoms with E-state index in [4.69, 9.17) is 0 Å². The zero-order chi connectivity index (χ0) is 19.7. The maximum Gasteiger partial charge on any atom is 0.330 e. The minimum Gasteiger partial charge on any atom is -0.479 e. The number of carboxylic acids is 1. The molecule has 1 amide bonds. The van der Waals surface area contributed by atoms with Gasteiger partial charge >= 0.3 is 5.97 Å². The van der Waals surface area contributed by atoms with Gasteiger partial charge in [-0.2, -0.15) is 0 Å². The van der Waals surface area contributed by atoms with Crippen molar-refractivity contribution >= 4 is 17.5 Å². The Morgan fingerprint density at radius 3 is 2.52 bits per heavy atom. The van der Waals surface area contributed by atoms with Crippen LogP contribution in [-0.2, 0) is 16.0 Å². The van der Waals surface area contributed by atoms with Crippen molar-refractivity contribution in [2.75, 3.05) is 0 Å². The average Bonchev–Trinajstić information content (AvgIpc) is 3.03. The molecule has 3 aromatic rings. The van der Waals surface area contributed by atoms with Gasteiger partial charge in [0.2, 0.25) is 5.91 Å². The second-order valence-electron chi connectivity index (χ2n) is 6.57. The minimum atomic E-state index is -1.19. The highest BCUT2D eigenvalue weighted by atomic mass is 16.4. The summed E-state index contributed by atoms with van der Waals surface area (Å²) >= 11 is 0. The van der Waals surface area contributed by atoms with Crippen LogP contribution in [0.4, 0.5) is 0 Å². The number of aromatic nitrogens is 3. The van der Waals surface area contributed by atoms with Crippen molar-refractivity contribution in [1.82, 2.24) is 19.9 Å². The second kappa shape index (κ2) is 7.06. The summed E-state index contributed by atoms with van der Waals surface area (Å²) in [5.41, 5.74) is 3.03. The lowest BCUT2D eigenvalue weighted by atomic mass is 10.0. The van der Waals surface area contributed by atoms with Crippen LogP contribution in [0.5, 0.6) is 0 Å². The predicted octanol–water partition coefficient (Wildman–Crippen LogP) is 1.43. The Morgan fingerprint density at radius 2 is 1.89 bits per heavy atom. The summed E-state index contributed by atoms with van der Waals surface area (Å²) < 4.78 is 1.24. The molecule has 0 radical (unpaired) electrons. The molecule has 2 heterocycles. The van der Waals surface area contributed by atoms with E-state index in [0.717, 1.165) is 11.1 Å². The lowest BCUT2D eigenvalue weighted by molar-refractivity contribution is -0.142. The molecule has 2 aromatic heterocycles. The first kappa shape index (κ1) is 18.4. The van der Waals surface area contributed by atoms with E-state index in [-0.39, 0.29) is 17.5 Å². The summed E-state index contributed by atoms with van der Waals surface area (Å²) in [6.07, 6.45) is 1.32. The summed E-state index contributed by atoms with van der Waals surface area (Å²) in [6.45, 7) is 5.37. The first-order chi connectivity index (χ1) is 12.8. The predicted molar refractivity (Wildman–Crippen MR) is 98.7 cm³/mol. The van der Waals surface area contributed by atoms with Gasteiger partial charge in [0.05, 0.1) is 6.42 Å². The number of fused-ring (bicyclic) bond motifs is 1. The molecule has 0 aliphatic rings. The second-order valence-corrected chi connectivity index (χ2v) is 6.57. The van der Waals surface area contributed by atoms with Crippen molar-refractivity contribution in [3.05, 3.63) is 68.8 Å². The number of carboxylic acid groups (broad SMARTS) is 1. The summed E-state index contributed by atoms with van der Waals surface area (Å²) in [5, 5.41) is 14.8.